The Morgan fingerprint density at radius 3 is 2.81 bits per heavy atom. The first-order chi connectivity index (χ1) is 12.9. The van der Waals surface area contributed by atoms with Gasteiger partial charge in [-0.15, -0.1) is 0 Å². The summed E-state index contributed by atoms with van der Waals surface area (Å²) in [6.07, 6.45) is 8.33. The van der Waals surface area contributed by atoms with E-state index < -0.39 is 0 Å². The molecule has 2 aromatic heterocycles. The Balaban J connectivity index is 1.30. The van der Waals surface area contributed by atoms with Gasteiger partial charge in [-0.1, -0.05) is 6.07 Å². The molecule has 0 aliphatic carbocycles. The molecular weight excluding hydrogens is 326 g/mol. The number of nitrogens with zero attached hydrogens (tertiary/aromatic N) is 4. The fourth-order valence-corrected chi connectivity index (χ4v) is 3.80. The lowest BCUT2D eigenvalue weighted by Crippen LogP contribution is -2.37. The standard InChI is InChI=1S/C20H27N5O/c1-2-9-22-17(5-1)14-26-18-6-10-25(11-7-18)20-12-19(23-15-24-20)16-4-3-8-21-13-16/h1-2,5,9,12,15-16,18,21H,3-4,6-8,10-11,13-14H2/t16-/m0/s1. The minimum atomic E-state index is 0.303. The van der Waals surface area contributed by atoms with Gasteiger partial charge < -0.3 is 15.0 Å². The highest BCUT2D eigenvalue weighted by Crippen LogP contribution is 2.25. The van der Waals surface area contributed by atoms with Gasteiger partial charge in [-0.3, -0.25) is 4.98 Å². The summed E-state index contributed by atoms with van der Waals surface area (Å²) < 4.78 is 6.04. The van der Waals surface area contributed by atoms with E-state index in [0.717, 1.165) is 50.5 Å². The molecule has 0 amide bonds. The van der Waals surface area contributed by atoms with Crippen molar-refractivity contribution < 1.29 is 4.74 Å². The number of piperidine rings is 2. The first-order valence-corrected chi connectivity index (χ1v) is 9.67. The molecule has 2 aliphatic rings. The van der Waals surface area contributed by atoms with Gasteiger partial charge in [0, 0.05) is 37.8 Å². The van der Waals surface area contributed by atoms with Gasteiger partial charge in [0.25, 0.3) is 0 Å². The van der Waals surface area contributed by atoms with Crippen molar-refractivity contribution in [3.05, 3.63) is 48.2 Å². The van der Waals surface area contributed by atoms with Crippen LogP contribution in [-0.4, -0.2) is 47.2 Å². The van der Waals surface area contributed by atoms with Gasteiger partial charge in [0.05, 0.1) is 24.1 Å². The van der Waals surface area contributed by atoms with E-state index >= 15 is 0 Å². The van der Waals surface area contributed by atoms with Gasteiger partial charge in [-0.2, -0.15) is 0 Å². The second kappa shape index (κ2) is 8.56. The van der Waals surface area contributed by atoms with Crippen LogP contribution in [0.1, 0.15) is 43.0 Å². The topological polar surface area (TPSA) is 63.2 Å². The molecule has 4 rings (SSSR count). The lowest BCUT2D eigenvalue weighted by Gasteiger charge is -2.33. The number of hydrogen-bond acceptors (Lipinski definition) is 6. The van der Waals surface area contributed by atoms with Crippen LogP contribution >= 0.6 is 0 Å². The first-order valence-electron chi connectivity index (χ1n) is 9.67. The molecule has 6 nitrogen and oxygen atoms in total. The normalized spacial score (nSPS) is 21.7. The molecule has 26 heavy (non-hydrogen) atoms. The van der Waals surface area contributed by atoms with Crippen LogP contribution in [0.2, 0.25) is 0 Å². The van der Waals surface area contributed by atoms with E-state index in [0.29, 0.717) is 18.6 Å². The fraction of sp³-hybridized carbons (Fsp3) is 0.550. The van der Waals surface area contributed by atoms with Gasteiger partial charge >= 0.3 is 0 Å². The zero-order valence-corrected chi connectivity index (χ0v) is 15.2. The van der Waals surface area contributed by atoms with E-state index in [2.05, 4.69) is 31.2 Å². The molecule has 0 aromatic carbocycles. The molecule has 6 heteroatoms. The van der Waals surface area contributed by atoms with E-state index in [1.165, 1.54) is 18.5 Å². The summed E-state index contributed by atoms with van der Waals surface area (Å²) in [4.78, 5) is 15.7. The monoisotopic (exact) mass is 353 g/mol. The smallest absolute Gasteiger partial charge is 0.132 e. The number of aromatic nitrogens is 3. The zero-order valence-electron chi connectivity index (χ0n) is 15.2. The Morgan fingerprint density at radius 2 is 2.04 bits per heavy atom. The van der Waals surface area contributed by atoms with Gasteiger partial charge in [0.2, 0.25) is 0 Å². The maximum Gasteiger partial charge on any atom is 0.132 e. The summed E-state index contributed by atoms with van der Waals surface area (Å²) in [5.41, 5.74) is 2.17. The van der Waals surface area contributed by atoms with Crippen molar-refractivity contribution in [2.75, 3.05) is 31.1 Å². The second-order valence-electron chi connectivity index (χ2n) is 7.16. The number of ether oxygens (including phenoxy) is 1. The summed E-state index contributed by atoms with van der Waals surface area (Å²) in [6, 6.07) is 8.13. The Morgan fingerprint density at radius 1 is 1.12 bits per heavy atom. The van der Waals surface area contributed by atoms with Crippen LogP contribution in [0.25, 0.3) is 0 Å². The van der Waals surface area contributed by atoms with Crippen LogP contribution in [0.3, 0.4) is 0 Å². The number of pyridine rings is 1. The quantitative estimate of drug-likeness (QED) is 0.891. The summed E-state index contributed by atoms with van der Waals surface area (Å²) in [5.74, 6) is 1.58. The van der Waals surface area contributed by atoms with Crippen molar-refractivity contribution in [1.82, 2.24) is 20.3 Å². The molecule has 0 saturated carbocycles. The molecule has 4 heterocycles. The van der Waals surface area contributed by atoms with Crippen LogP contribution in [-0.2, 0) is 11.3 Å². The molecule has 0 unspecified atom stereocenters. The Kier molecular flexibility index (Phi) is 5.72. The summed E-state index contributed by atoms with van der Waals surface area (Å²) in [5, 5.41) is 3.47. The largest absolute Gasteiger partial charge is 0.372 e. The molecular formula is C20H27N5O. The van der Waals surface area contributed by atoms with Gasteiger partial charge in [-0.25, -0.2) is 9.97 Å². The molecule has 2 aromatic rings. The van der Waals surface area contributed by atoms with Crippen LogP contribution in [0.15, 0.2) is 36.8 Å². The predicted octanol–water partition coefficient (Wildman–Crippen LogP) is 2.52. The minimum absolute atomic E-state index is 0.303. The molecule has 0 bridgehead atoms. The SMILES string of the molecule is c1ccc(COC2CCN(c3cc([C@H]4CCCNC4)ncn3)CC2)nc1. The van der Waals surface area contributed by atoms with Gasteiger partial charge in [-0.05, 0) is 44.4 Å². The number of rotatable bonds is 5. The molecule has 2 saturated heterocycles. The van der Waals surface area contributed by atoms with E-state index in [1.54, 1.807) is 6.33 Å². The first kappa shape index (κ1) is 17.4. The highest BCUT2D eigenvalue weighted by atomic mass is 16.5. The van der Waals surface area contributed by atoms with Gasteiger partial charge in [0.1, 0.15) is 12.1 Å². The van der Waals surface area contributed by atoms with Crippen LogP contribution in [0, 0.1) is 0 Å². The molecule has 2 fully saturated rings. The second-order valence-corrected chi connectivity index (χ2v) is 7.16. The average molecular weight is 353 g/mol. The maximum absolute atomic E-state index is 6.04. The Bertz CT molecular complexity index is 682. The van der Waals surface area contributed by atoms with Crippen LogP contribution < -0.4 is 10.2 Å². The van der Waals surface area contributed by atoms with Gasteiger partial charge in [0.15, 0.2) is 0 Å². The number of nitrogens with one attached hydrogen (secondary N) is 1. The third kappa shape index (κ3) is 4.37. The van der Waals surface area contributed by atoms with Crippen molar-refractivity contribution in [3.63, 3.8) is 0 Å². The minimum Gasteiger partial charge on any atom is -0.372 e. The Labute approximate surface area is 155 Å². The fourth-order valence-electron chi connectivity index (χ4n) is 3.80. The van der Waals surface area contributed by atoms with Crippen molar-refractivity contribution in [3.8, 4) is 0 Å². The van der Waals surface area contributed by atoms with E-state index in [-0.39, 0.29) is 0 Å². The molecule has 0 spiro atoms. The molecule has 0 radical (unpaired) electrons. The third-order valence-corrected chi connectivity index (χ3v) is 5.35. The lowest BCUT2D eigenvalue weighted by molar-refractivity contribution is 0.0233. The molecule has 138 valence electrons. The predicted molar refractivity (Wildman–Crippen MR) is 101 cm³/mol. The number of hydrogen-bond donors (Lipinski definition) is 1. The average Bonchev–Trinajstić information content (AvgIpc) is 2.74. The molecule has 1 atom stereocenters. The highest BCUT2D eigenvalue weighted by molar-refractivity contribution is 5.40. The van der Waals surface area contributed by atoms with E-state index in [1.807, 2.05) is 24.4 Å². The maximum atomic E-state index is 6.04. The Hall–Kier alpha value is -2.05. The molecule has 2 aliphatic heterocycles. The number of anilines is 1. The van der Waals surface area contributed by atoms with Crippen molar-refractivity contribution >= 4 is 5.82 Å². The van der Waals surface area contributed by atoms with Crippen molar-refractivity contribution in [2.45, 2.75) is 44.3 Å². The highest BCUT2D eigenvalue weighted by Gasteiger charge is 2.23. The zero-order chi connectivity index (χ0) is 17.6. The summed E-state index contributed by atoms with van der Waals surface area (Å²) in [7, 11) is 0. The lowest BCUT2D eigenvalue weighted by atomic mass is 9.96. The van der Waals surface area contributed by atoms with E-state index in [4.69, 9.17) is 4.74 Å². The third-order valence-electron chi connectivity index (χ3n) is 5.35. The van der Waals surface area contributed by atoms with Crippen molar-refractivity contribution in [1.29, 1.82) is 0 Å². The van der Waals surface area contributed by atoms with Crippen LogP contribution in [0.5, 0.6) is 0 Å². The molecule has 1 N–H and O–H groups in total. The van der Waals surface area contributed by atoms with Crippen molar-refractivity contribution in [2.24, 2.45) is 0 Å². The summed E-state index contributed by atoms with van der Waals surface area (Å²) >= 11 is 0. The van der Waals surface area contributed by atoms with E-state index in [9.17, 15) is 0 Å². The van der Waals surface area contributed by atoms with Crippen LogP contribution in [0.4, 0.5) is 5.82 Å². The summed E-state index contributed by atoms with van der Waals surface area (Å²) in [6.45, 7) is 4.71.